The summed E-state index contributed by atoms with van der Waals surface area (Å²) in [4.78, 5) is 13.6. The van der Waals surface area contributed by atoms with Crippen molar-refractivity contribution in [3.8, 4) is 0 Å². The number of aliphatic hydroxyl groups excluding tert-OH is 1. The van der Waals surface area contributed by atoms with Crippen LogP contribution in [0, 0.1) is 0 Å². The molecule has 0 aliphatic rings. The Bertz CT molecular complexity index is 357. The Kier molecular flexibility index (Phi) is 6.39. The van der Waals surface area contributed by atoms with Gasteiger partial charge in [0.1, 0.15) is 0 Å². The van der Waals surface area contributed by atoms with Crippen LogP contribution in [0.5, 0.6) is 0 Å². The van der Waals surface area contributed by atoms with E-state index in [-0.39, 0.29) is 12.5 Å². The van der Waals surface area contributed by atoms with Crippen molar-refractivity contribution in [2.24, 2.45) is 0 Å². The third kappa shape index (κ3) is 4.47. The Morgan fingerprint density at radius 1 is 1.28 bits per heavy atom. The Morgan fingerprint density at radius 3 is 2.44 bits per heavy atom. The van der Waals surface area contributed by atoms with Crippen molar-refractivity contribution in [2.45, 2.75) is 19.9 Å². The molecule has 0 aromatic heterocycles. The molecule has 0 saturated carbocycles. The van der Waals surface area contributed by atoms with Crippen LogP contribution in [-0.4, -0.2) is 42.7 Å². The molecule has 0 heterocycles. The quantitative estimate of drug-likeness (QED) is 0.766. The first-order chi connectivity index (χ1) is 8.71. The second-order valence-electron chi connectivity index (χ2n) is 4.28. The average molecular weight is 250 g/mol. The second kappa shape index (κ2) is 7.84. The van der Waals surface area contributed by atoms with E-state index < -0.39 is 0 Å². The highest BCUT2D eigenvalue weighted by molar-refractivity contribution is 5.93. The number of benzene rings is 1. The summed E-state index contributed by atoms with van der Waals surface area (Å²) in [5.41, 5.74) is 1.83. The fourth-order valence-electron chi connectivity index (χ4n) is 1.89. The number of carbonyl (C=O) groups is 1. The van der Waals surface area contributed by atoms with Gasteiger partial charge < -0.3 is 10.4 Å². The van der Waals surface area contributed by atoms with E-state index in [4.69, 9.17) is 5.11 Å². The SMILES string of the molecule is CCCN(CCO)Cc1ccc(C(=O)NC)cc1. The maximum Gasteiger partial charge on any atom is 0.251 e. The van der Waals surface area contributed by atoms with E-state index in [9.17, 15) is 4.79 Å². The number of carbonyl (C=O) groups excluding carboxylic acids is 1. The van der Waals surface area contributed by atoms with Gasteiger partial charge in [-0.25, -0.2) is 0 Å². The smallest absolute Gasteiger partial charge is 0.251 e. The lowest BCUT2D eigenvalue weighted by Crippen LogP contribution is -2.27. The highest BCUT2D eigenvalue weighted by Crippen LogP contribution is 2.08. The first-order valence-electron chi connectivity index (χ1n) is 6.35. The van der Waals surface area contributed by atoms with Gasteiger partial charge in [-0.05, 0) is 30.7 Å². The molecule has 1 aromatic carbocycles. The first kappa shape index (κ1) is 14.7. The predicted molar refractivity (Wildman–Crippen MR) is 72.5 cm³/mol. The van der Waals surface area contributed by atoms with Crippen molar-refractivity contribution in [3.05, 3.63) is 35.4 Å². The molecule has 0 aliphatic heterocycles. The standard InChI is InChI=1S/C14H22N2O2/c1-3-8-16(9-10-17)11-12-4-6-13(7-5-12)14(18)15-2/h4-7,17H,3,8-11H2,1-2H3,(H,15,18). The van der Waals surface area contributed by atoms with Crippen LogP contribution in [0.1, 0.15) is 29.3 Å². The molecule has 0 bridgehead atoms. The van der Waals surface area contributed by atoms with E-state index in [1.165, 1.54) is 0 Å². The highest BCUT2D eigenvalue weighted by Gasteiger charge is 2.06. The van der Waals surface area contributed by atoms with E-state index in [1.807, 2.05) is 24.3 Å². The molecule has 0 saturated heterocycles. The molecule has 1 aromatic rings. The lowest BCUT2D eigenvalue weighted by atomic mass is 10.1. The van der Waals surface area contributed by atoms with Gasteiger partial charge in [-0.2, -0.15) is 0 Å². The average Bonchev–Trinajstić information content (AvgIpc) is 2.39. The monoisotopic (exact) mass is 250 g/mol. The third-order valence-corrected chi connectivity index (χ3v) is 2.81. The number of amides is 1. The van der Waals surface area contributed by atoms with Crippen molar-refractivity contribution in [3.63, 3.8) is 0 Å². The Balaban J connectivity index is 2.63. The predicted octanol–water partition coefficient (Wildman–Crippen LogP) is 1.25. The molecule has 0 atom stereocenters. The second-order valence-corrected chi connectivity index (χ2v) is 4.28. The Hall–Kier alpha value is -1.39. The summed E-state index contributed by atoms with van der Waals surface area (Å²) < 4.78 is 0. The summed E-state index contributed by atoms with van der Waals surface area (Å²) in [5.74, 6) is -0.0673. The molecular formula is C14H22N2O2. The summed E-state index contributed by atoms with van der Waals surface area (Å²) in [5, 5.41) is 11.6. The number of rotatable bonds is 7. The zero-order valence-electron chi connectivity index (χ0n) is 11.1. The van der Waals surface area contributed by atoms with Gasteiger partial charge in [0.25, 0.3) is 5.91 Å². The third-order valence-electron chi connectivity index (χ3n) is 2.81. The van der Waals surface area contributed by atoms with Gasteiger partial charge in [-0.15, -0.1) is 0 Å². The van der Waals surface area contributed by atoms with Crippen LogP contribution in [-0.2, 0) is 6.54 Å². The maximum atomic E-state index is 11.4. The summed E-state index contributed by atoms with van der Waals surface area (Å²) >= 11 is 0. The van der Waals surface area contributed by atoms with E-state index >= 15 is 0 Å². The lowest BCUT2D eigenvalue weighted by Gasteiger charge is -2.20. The molecule has 18 heavy (non-hydrogen) atoms. The summed E-state index contributed by atoms with van der Waals surface area (Å²) in [6, 6.07) is 7.59. The van der Waals surface area contributed by atoms with Crippen molar-refractivity contribution in [2.75, 3.05) is 26.7 Å². The molecule has 4 nitrogen and oxygen atoms in total. The molecule has 100 valence electrons. The zero-order chi connectivity index (χ0) is 13.4. The minimum absolute atomic E-state index is 0.0673. The molecule has 0 aliphatic carbocycles. The molecule has 0 fully saturated rings. The number of nitrogens with zero attached hydrogens (tertiary/aromatic N) is 1. The van der Waals surface area contributed by atoms with E-state index in [0.717, 1.165) is 25.1 Å². The first-order valence-corrected chi connectivity index (χ1v) is 6.35. The van der Waals surface area contributed by atoms with Crippen molar-refractivity contribution in [1.82, 2.24) is 10.2 Å². The number of aliphatic hydroxyl groups is 1. The van der Waals surface area contributed by atoms with Gasteiger partial charge in [-0.1, -0.05) is 19.1 Å². The fraction of sp³-hybridized carbons (Fsp3) is 0.500. The molecule has 0 unspecified atom stereocenters. The van der Waals surface area contributed by atoms with Gasteiger partial charge in [0, 0.05) is 25.7 Å². The number of hydrogen-bond donors (Lipinski definition) is 2. The lowest BCUT2D eigenvalue weighted by molar-refractivity contribution is 0.0963. The van der Waals surface area contributed by atoms with E-state index in [2.05, 4.69) is 17.1 Å². The zero-order valence-corrected chi connectivity index (χ0v) is 11.1. The van der Waals surface area contributed by atoms with Gasteiger partial charge in [0.2, 0.25) is 0 Å². The van der Waals surface area contributed by atoms with Crippen molar-refractivity contribution >= 4 is 5.91 Å². The fourth-order valence-corrected chi connectivity index (χ4v) is 1.89. The molecule has 0 spiro atoms. The van der Waals surface area contributed by atoms with Crippen LogP contribution < -0.4 is 5.32 Å². The molecule has 0 radical (unpaired) electrons. The minimum atomic E-state index is -0.0673. The van der Waals surface area contributed by atoms with Gasteiger partial charge in [0.15, 0.2) is 0 Å². The van der Waals surface area contributed by atoms with Crippen LogP contribution in [0.2, 0.25) is 0 Å². The van der Waals surface area contributed by atoms with Crippen molar-refractivity contribution < 1.29 is 9.90 Å². The van der Waals surface area contributed by atoms with Crippen LogP contribution in [0.4, 0.5) is 0 Å². The van der Waals surface area contributed by atoms with Gasteiger partial charge in [-0.3, -0.25) is 9.69 Å². The highest BCUT2D eigenvalue weighted by atomic mass is 16.3. The maximum absolute atomic E-state index is 11.4. The van der Waals surface area contributed by atoms with Crippen LogP contribution in [0.3, 0.4) is 0 Å². The van der Waals surface area contributed by atoms with Crippen LogP contribution in [0.15, 0.2) is 24.3 Å². The number of nitrogens with one attached hydrogen (secondary N) is 1. The van der Waals surface area contributed by atoms with Gasteiger partial charge >= 0.3 is 0 Å². The van der Waals surface area contributed by atoms with Gasteiger partial charge in [0.05, 0.1) is 6.61 Å². The number of hydrogen-bond acceptors (Lipinski definition) is 3. The summed E-state index contributed by atoms with van der Waals surface area (Å²) in [6.45, 7) is 4.76. The summed E-state index contributed by atoms with van der Waals surface area (Å²) in [6.07, 6.45) is 1.07. The molecule has 1 rings (SSSR count). The minimum Gasteiger partial charge on any atom is -0.395 e. The topological polar surface area (TPSA) is 52.6 Å². The molecular weight excluding hydrogens is 228 g/mol. The van der Waals surface area contributed by atoms with Crippen LogP contribution in [0.25, 0.3) is 0 Å². The Labute approximate surface area is 109 Å². The van der Waals surface area contributed by atoms with Crippen molar-refractivity contribution in [1.29, 1.82) is 0 Å². The Morgan fingerprint density at radius 2 is 1.94 bits per heavy atom. The summed E-state index contributed by atoms with van der Waals surface area (Å²) in [7, 11) is 1.63. The molecule has 1 amide bonds. The molecule has 2 N–H and O–H groups in total. The van der Waals surface area contributed by atoms with Crippen LogP contribution >= 0.6 is 0 Å². The van der Waals surface area contributed by atoms with E-state index in [0.29, 0.717) is 12.1 Å². The molecule has 4 heteroatoms. The normalized spacial score (nSPS) is 10.7. The largest absolute Gasteiger partial charge is 0.395 e. The van der Waals surface area contributed by atoms with E-state index in [1.54, 1.807) is 7.05 Å².